The van der Waals surface area contributed by atoms with Crippen LogP contribution in [0.1, 0.15) is 25.9 Å². The minimum atomic E-state index is 0. The Kier molecular flexibility index (Phi) is 11.0. The van der Waals surface area contributed by atoms with Crippen LogP contribution in [0.15, 0.2) is 54.7 Å². The van der Waals surface area contributed by atoms with Crippen LogP contribution in [-0.2, 0) is 6.54 Å². The maximum absolute atomic E-state index is 7.00. The molecule has 3 aromatic rings. The number of terminal acetylenes is 1. The van der Waals surface area contributed by atoms with Gasteiger partial charge < -0.3 is 10.4 Å². The number of hydrogen-bond acceptors (Lipinski definition) is 4. The maximum Gasteiger partial charge on any atom is 0.113 e. The summed E-state index contributed by atoms with van der Waals surface area (Å²) in [4.78, 5) is 0. The summed E-state index contributed by atoms with van der Waals surface area (Å²) in [5.41, 5.74) is 5.27. The van der Waals surface area contributed by atoms with E-state index in [2.05, 4.69) is 66.3 Å². The first kappa shape index (κ1) is 23.5. The second-order valence-corrected chi connectivity index (χ2v) is 5.92. The summed E-state index contributed by atoms with van der Waals surface area (Å²) < 4.78 is 1.89. The number of nitrogens with zero attached hydrogens (tertiary/aromatic N) is 3. The third-order valence-corrected chi connectivity index (χ3v) is 3.88. The van der Waals surface area contributed by atoms with Crippen molar-refractivity contribution in [3.8, 4) is 35.9 Å². The van der Waals surface area contributed by atoms with Crippen molar-refractivity contribution >= 4 is 5.69 Å². The lowest BCUT2D eigenvalue weighted by Gasteiger charge is -2.03. The van der Waals surface area contributed by atoms with E-state index in [1.165, 1.54) is 0 Å². The van der Waals surface area contributed by atoms with Gasteiger partial charge in [-0.2, -0.15) is 0 Å². The number of hydrogen-bond donors (Lipinski definition) is 2. The normalized spacial score (nSPS) is 9.03. The molecule has 0 aliphatic rings. The van der Waals surface area contributed by atoms with Crippen LogP contribution in [0.4, 0.5) is 5.69 Å². The Morgan fingerprint density at radius 2 is 1.86 bits per heavy atom. The van der Waals surface area contributed by atoms with Crippen LogP contribution >= 0.6 is 0 Å². The Bertz CT molecular complexity index is 940. The molecule has 29 heavy (non-hydrogen) atoms. The van der Waals surface area contributed by atoms with Gasteiger partial charge in [0.05, 0.1) is 12.7 Å². The van der Waals surface area contributed by atoms with Gasteiger partial charge >= 0.3 is 0 Å². The lowest BCUT2D eigenvalue weighted by Crippen LogP contribution is -1.97. The van der Waals surface area contributed by atoms with E-state index >= 15 is 0 Å². The second kappa shape index (κ2) is 13.6. The van der Waals surface area contributed by atoms with E-state index in [9.17, 15) is 0 Å². The zero-order valence-electron chi connectivity index (χ0n) is 17.3. The van der Waals surface area contributed by atoms with Crippen molar-refractivity contribution < 1.29 is 6.53 Å². The molecule has 0 radical (unpaired) electrons. The number of anilines is 1. The summed E-state index contributed by atoms with van der Waals surface area (Å²) >= 11 is 0. The summed E-state index contributed by atoms with van der Waals surface area (Å²) in [5.74, 6) is 6.37. The van der Waals surface area contributed by atoms with Gasteiger partial charge in [0.25, 0.3) is 0 Å². The van der Waals surface area contributed by atoms with Gasteiger partial charge in [0.2, 0.25) is 0 Å². The van der Waals surface area contributed by atoms with Crippen LogP contribution in [-0.4, -0.2) is 33.8 Å². The van der Waals surface area contributed by atoms with Crippen LogP contribution in [0.2, 0.25) is 0 Å². The fraction of sp³-hybridized carbons (Fsp3) is 0.250. The van der Waals surface area contributed by atoms with Gasteiger partial charge in [-0.15, -0.1) is 17.9 Å². The fourth-order valence-corrected chi connectivity index (χ4v) is 2.64. The Morgan fingerprint density at radius 3 is 2.52 bits per heavy atom. The van der Waals surface area contributed by atoms with Gasteiger partial charge in [-0.1, -0.05) is 48.2 Å². The molecule has 0 amide bonds. The highest BCUT2D eigenvalue weighted by Gasteiger charge is 2.07. The fourth-order valence-electron chi connectivity index (χ4n) is 2.64. The number of benzene rings is 2. The zero-order valence-corrected chi connectivity index (χ0v) is 17.3. The van der Waals surface area contributed by atoms with Crippen LogP contribution in [0.3, 0.4) is 0 Å². The highest BCUT2D eigenvalue weighted by molar-refractivity contribution is 5.64. The molecule has 2 N–H and O–H groups in total. The smallest absolute Gasteiger partial charge is 0.113 e. The number of rotatable bonds is 5. The van der Waals surface area contributed by atoms with Crippen molar-refractivity contribution in [3.05, 3.63) is 65.9 Å². The quantitative estimate of drug-likeness (QED) is 0.640. The minimum Gasteiger partial charge on any atom is -0.400 e. The largest absolute Gasteiger partial charge is 0.400 e. The molecule has 1 aromatic heterocycles. The summed E-state index contributed by atoms with van der Waals surface area (Å²) in [5, 5.41) is 18.7. The van der Waals surface area contributed by atoms with E-state index in [1.807, 2.05) is 47.3 Å². The average Bonchev–Trinajstić information content (AvgIpc) is 3.23. The van der Waals surface area contributed by atoms with Crippen molar-refractivity contribution in [2.75, 3.05) is 19.0 Å². The summed E-state index contributed by atoms with van der Waals surface area (Å²) in [7, 11) is 1.00. The van der Waals surface area contributed by atoms with Gasteiger partial charge in [-0.25, -0.2) is 0 Å². The predicted octanol–water partition coefficient (Wildman–Crippen LogP) is 4.23. The van der Waals surface area contributed by atoms with Crippen LogP contribution in [0, 0.1) is 31.6 Å². The molecular weight excluding hydrogens is 360 g/mol. The number of aliphatic hydroxyl groups excluding tert-OH is 1. The van der Waals surface area contributed by atoms with E-state index in [0.29, 0.717) is 6.54 Å². The molecule has 2 aromatic carbocycles. The molecule has 0 saturated carbocycles. The Balaban J connectivity index is 0.00000159. The van der Waals surface area contributed by atoms with Crippen LogP contribution < -0.4 is 5.32 Å². The topological polar surface area (TPSA) is 63.0 Å². The number of nitrogens with one attached hydrogen (secondary N) is 1. The molecule has 152 valence electrons. The van der Waals surface area contributed by atoms with Crippen molar-refractivity contribution in [2.45, 2.75) is 26.8 Å². The molecule has 3 rings (SSSR count). The van der Waals surface area contributed by atoms with Crippen molar-refractivity contribution in [1.29, 1.82) is 0 Å². The Hall–Kier alpha value is -3.54. The number of aromatic nitrogens is 3. The third kappa shape index (κ3) is 7.54. The zero-order chi connectivity index (χ0) is 21.5. The lowest BCUT2D eigenvalue weighted by molar-refractivity contribution is 0.399. The van der Waals surface area contributed by atoms with Gasteiger partial charge in [0.1, 0.15) is 5.69 Å². The van der Waals surface area contributed by atoms with Gasteiger partial charge in [-0.05, 0) is 43.2 Å². The minimum absolute atomic E-state index is 0. The molecule has 1 heterocycles. The maximum atomic E-state index is 7.00. The van der Waals surface area contributed by atoms with Crippen LogP contribution in [0.25, 0.3) is 11.3 Å². The highest BCUT2D eigenvalue weighted by Crippen LogP contribution is 2.21. The van der Waals surface area contributed by atoms with E-state index in [-0.39, 0.29) is 1.43 Å². The Labute approximate surface area is 175 Å². The van der Waals surface area contributed by atoms with Crippen molar-refractivity contribution in [3.63, 3.8) is 0 Å². The van der Waals surface area contributed by atoms with Gasteiger partial charge in [0, 0.05) is 31.9 Å². The third-order valence-electron chi connectivity index (χ3n) is 3.88. The number of aryl methyl sites for hydroxylation is 2. The lowest BCUT2D eigenvalue weighted by atomic mass is 10.0. The predicted molar refractivity (Wildman–Crippen MR) is 122 cm³/mol. The molecule has 0 aliphatic heterocycles. The highest BCUT2D eigenvalue weighted by atomic mass is 16.2. The molecule has 0 spiro atoms. The molecule has 0 bridgehead atoms. The van der Waals surface area contributed by atoms with Crippen LogP contribution in [0.5, 0.6) is 0 Å². The van der Waals surface area contributed by atoms with Crippen molar-refractivity contribution in [1.82, 2.24) is 15.0 Å². The molecule has 0 aliphatic carbocycles. The van der Waals surface area contributed by atoms with E-state index in [0.717, 1.165) is 48.1 Å². The van der Waals surface area contributed by atoms with Crippen molar-refractivity contribution in [2.24, 2.45) is 0 Å². The molecule has 0 fully saturated rings. The SMILES string of the molecule is C#C.CCCn1cc(-c2ccc(C#CCNc3ccccc3)cc2C)nn1.CO.[HH]. The molecule has 0 atom stereocenters. The van der Waals surface area contributed by atoms with E-state index < -0.39 is 0 Å². The number of para-hydroxylation sites is 1. The molecular formula is C24H30N4O. The van der Waals surface area contributed by atoms with E-state index in [4.69, 9.17) is 5.11 Å². The summed E-state index contributed by atoms with van der Waals surface area (Å²) in [6.45, 7) is 5.73. The molecule has 0 saturated heterocycles. The Morgan fingerprint density at radius 1 is 1.14 bits per heavy atom. The van der Waals surface area contributed by atoms with E-state index in [1.54, 1.807) is 0 Å². The molecule has 0 unspecified atom stereocenters. The summed E-state index contributed by atoms with van der Waals surface area (Å²) in [6, 6.07) is 16.3. The monoisotopic (exact) mass is 390 g/mol. The van der Waals surface area contributed by atoms with Gasteiger partial charge in [0.15, 0.2) is 0 Å². The summed E-state index contributed by atoms with van der Waals surface area (Å²) in [6.07, 6.45) is 11.0. The first-order valence-electron chi connectivity index (χ1n) is 9.33. The first-order valence-corrected chi connectivity index (χ1v) is 9.33. The second-order valence-electron chi connectivity index (χ2n) is 5.92. The average molecular weight is 391 g/mol. The number of aliphatic hydroxyl groups is 1. The molecule has 5 nitrogen and oxygen atoms in total. The van der Waals surface area contributed by atoms with Gasteiger partial charge in [-0.3, -0.25) is 4.68 Å². The molecule has 5 heteroatoms. The first-order chi connectivity index (χ1) is 14.3. The standard InChI is InChI=1S/C21H22N4.C2H2.CH4O.H2/c1-3-14-25-16-21(23-24-25)20-12-11-18(15-17(20)2)8-7-13-22-19-9-5-4-6-10-19;2*1-2;/h4-6,9-12,15-16,22H,3,13-14H2,1-2H3;1-2H;2H,1H3;1H.